The first-order valence-corrected chi connectivity index (χ1v) is 8.28. The Hall–Kier alpha value is -0.570. The normalized spacial score (nSPS) is 21.1. The predicted molar refractivity (Wildman–Crippen MR) is 87.3 cm³/mol. The van der Waals surface area contributed by atoms with E-state index >= 15 is 0 Å². The van der Waals surface area contributed by atoms with Crippen LogP contribution < -0.4 is 5.32 Å². The van der Waals surface area contributed by atoms with E-state index in [-0.39, 0.29) is 0 Å². The van der Waals surface area contributed by atoms with E-state index in [1.807, 2.05) is 12.1 Å². The molecule has 1 aliphatic rings. The maximum absolute atomic E-state index is 5.99. The molecule has 1 aromatic carbocycles. The van der Waals surface area contributed by atoms with Crippen LogP contribution in [0.15, 0.2) is 24.3 Å². The Morgan fingerprint density at radius 1 is 1.35 bits per heavy atom. The molecular formula is C17H27ClN2. The van der Waals surface area contributed by atoms with E-state index in [9.17, 15) is 0 Å². The van der Waals surface area contributed by atoms with Gasteiger partial charge in [-0.1, -0.05) is 30.7 Å². The van der Waals surface area contributed by atoms with Gasteiger partial charge >= 0.3 is 0 Å². The Kier molecular flexibility index (Phi) is 6.34. The second-order valence-electron chi connectivity index (χ2n) is 5.93. The molecule has 0 spiro atoms. The molecule has 3 heteroatoms. The van der Waals surface area contributed by atoms with Crippen LogP contribution in [0.25, 0.3) is 0 Å². The Morgan fingerprint density at radius 2 is 2.10 bits per heavy atom. The topological polar surface area (TPSA) is 15.3 Å². The maximum atomic E-state index is 5.99. The van der Waals surface area contributed by atoms with E-state index in [1.54, 1.807) is 0 Å². The number of nitrogens with one attached hydrogen (secondary N) is 1. The minimum atomic E-state index is 0.467. The third-order valence-electron chi connectivity index (χ3n) is 4.30. The molecule has 1 saturated heterocycles. The molecule has 0 aromatic heterocycles. The molecule has 0 bridgehead atoms. The molecule has 20 heavy (non-hydrogen) atoms. The molecule has 2 rings (SSSR count). The molecule has 1 fully saturated rings. The predicted octanol–water partition coefficient (Wildman–Crippen LogP) is 4.11. The lowest BCUT2D eigenvalue weighted by Gasteiger charge is -2.34. The summed E-state index contributed by atoms with van der Waals surface area (Å²) in [6, 6.07) is 8.79. The number of nitrogens with zero attached hydrogens (tertiary/aromatic N) is 1. The van der Waals surface area contributed by atoms with Crippen molar-refractivity contribution in [2.45, 2.75) is 39.2 Å². The molecule has 1 aromatic rings. The summed E-state index contributed by atoms with van der Waals surface area (Å²) in [5, 5.41) is 4.34. The Labute approximate surface area is 128 Å². The number of benzene rings is 1. The van der Waals surface area contributed by atoms with Gasteiger partial charge in [-0.3, -0.25) is 4.90 Å². The van der Waals surface area contributed by atoms with Gasteiger partial charge in [0, 0.05) is 17.6 Å². The first kappa shape index (κ1) is 15.8. The van der Waals surface area contributed by atoms with Crippen LogP contribution >= 0.6 is 11.6 Å². The number of halogens is 1. The molecule has 1 aliphatic heterocycles. The van der Waals surface area contributed by atoms with Crippen LogP contribution in [0, 0.1) is 5.92 Å². The summed E-state index contributed by atoms with van der Waals surface area (Å²) in [6.45, 7) is 9.31. The summed E-state index contributed by atoms with van der Waals surface area (Å²) >= 11 is 5.99. The summed E-state index contributed by atoms with van der Waals surface area (Å²) in [6.07, 6.45) is 3.89. The van der Waals surface area contributed by atoms with E-state index in [1.165, 1.54) is 51.0 Å². The molecule has 2 nitrogen and oxygen atoms in total. The summed E-state index contributed by atoms with van der Waals surface area (Å²) in [5.74, 6) is 0.796. The molecule has 1 heterocycles. The van der Waals surface area contributed by atoms with Gasteiger partial charge in [0.2, 0.25) is 0 Å². The van der Waals surface area contributed by atoms with E-state index in [0.29, 0.717) is 6.04 Å². The van der Waals surface area contributed by atoms with Crippen molar-refractivity contribution in [3.63, 3.8) is 0 Å². The number of rotatable bonds is 6. The number of piperidine rings is 1. The fourth-order valence-corrected chi connectivity index (χ4v) is 3.22. The van der Waals surface area contributed by atoms with Crippen molar-refractivity contribution in [1.82, 2.24) is 10.2 Å². The molecule has 2 unspecified atom stereocenters. The van der Waals surface area contributed by atoms with Gasteiger partial charge in [-0.15, -0.1) is 0 Å². The van der Waals surface area contributed by atoms with Crippen molar-refractivity contribution in [2.24, 2.45) is 5.92 Å². The first-order valence-electron chi connectivity index (χ1n) is 7.91. The van der Waals surface area contributed by atoms with Crippen molar-refractivity contribution in [3.8, 4) is 0 Å². The van der Waals surface area contributed by atoms with Gasteiger partial charge in [-0.2, -0.15) is 0 Å². The van der Waals surface area contributed by atoms with Gasteiger partial charge in [0.15, 0.2) is 0 Å². The highest BCUT2D eigenvalue weighted by molar-refractivity contribution is 6.30. The lowest BCUT2D eigenvalue weighted by molar-refractivity contribution is 0.163. The van der Waals surface area contributed by atoms with Crippen LogP contribution in [0.2, 0.25) is 5.02 Å². The van der Waals surface area contributed by atoms with Crippen molar-refractivity contribution >= 4 is 11.6 Å². The molecule has 0 radical (unpaired) electrons. The van der Waals surface area contributed by atoms with Crippen molar-refractivity contribution < 1.29 is 0 Å². The maximum Gasteiger partial charge on any atom is 0.0406 e. The summed E-state index contributed by atoms with van der Waals surface area (Å²) in [4.78, 5) is 2.63. The number of hydrogen-bond donors (Lipinski definition) is 1. The highest BCUT2D eigenvalue weighted by Crippen LogP contribution is 2.24. The zero-order valence-electron chi connectivity index (χ0n) is 12.7. The largest absolute Gasteiger partial charge is 0.316 e. The Balaban J connectivity index is 2.00. The summed E-state index contributed by atoms with van der Waals surface area (Å²) < 4.78 is 0. The summed E-state index contributed by atoms with van der Waals surface area (Å²) in [7, 11) is 0. The minimum absolute atomic E-state index is 0.467. The van der Waals surface area contributed by atoms with Gasteiger partial charge < -0.3 is 5.32 Å². The molecule has 0 amide bonds. The zero-order valence-corrected chi connectivity index (χ0v) is 13.5. The van der Waals surface area contributed by atoms with Crippen LogP contribution in [0.1, 0.15) is 44.7 Å². The van der Waals surface area contributed by atoms with Crippen LogP contribution in [0.5, 0.6) is 0 Å². The minimum Gasteiger partial charge on any atom is -0.316 e. The van der Waals surface area contributed by atoms with Gasteiger partial charge in [0.25, 0.3) is 0 Å². The van der Waals surface area contributed by atoms with Crippen molar-refractivity contribution in [3.05, 3.63) is 34.9 Å². The number of hydrogen-bond acceptors (Lipinski definition) is 2. The smallest absolute Gasteiger partial charge is 0.0406 e. The van der Waals surface area contributed by atoms with E-state index in [0.717, 1.165) is 10.9 Å². The van der Waals surface area contributed by atoms with Crippen molar-refractivity contribution in [2.75, 3.05) is 26.2 Å². The fourth-order valence-electron chi connectivity index (χ4n) is 3.09. The van der Waals surface area contributed by atoms with Gasteiger partial charge in [0.05, 0.1) is 0 Å². The first-order chi connectivity index (χ1) is 9.70. The second-order valence-corrected chi connectivity index (χ2v) is 6.37. The molecular weight excluding hydrogens is 268 g/mol. The monoisotopic (exact) mass is 294 g/mol. The van der Waals surface area contributed by atoms with Gasteiger partial charge in [0.1, 0.15) is 0 Å². The molecule has 1 N–H and O–H groups in total. The Bertz CT molecular complexity index is 384. The van der Waals surface area contributed by atoms with Gasteiger partial charge in [-0.25, -0.2) is 0 Å². The molecule has 112 valence electrons. The average Bonchev–Trinajstić information content (AvgIpc) is 2.48. The SMILES string of the molecule is CCCN(CC1CCCNC1)C(C)c1ccc(Cl)cc1. The molecule has 0 saturated carbocycles. The fraction of sp³-hybridized carbons (Fsp3) is 0.647. The van der Waals surface area contributed by atoms with E-state index in [4.69, 9.17) is 11.6 Å². The van der Waals surface area contributed by atoms with Crippen LogP contribution in [-0.2, 0) is 0 Å². The van der Waals surface area contributed by atoms with Crippen LogP contribution in [0.3, 0.4) is 0 Å². The van der Waals surface area contributed by atoms with Crippen LogP contribution in [0.4, 0.5) is 0 Å². The Morgan fingerprint density at radius 3 is 2.70 bits per heavy atom. The zero-order chi connectivity index (χ0) is 14.4. The highest BCUT2D eigenvalue weighted by Gasteiger charge is 2.21. The quantitative estimate of drug-likeness (QED) is 0.849. The average molecular weight is 295 g/mol. The third kappa shape index (κ3) is 4.47. The highest BCUT2D eigenvalue weighted by atomic mass is 35.5. The van der Waals surface area contributed by atoms with Crippen LogP contribution in [-0.4, -0.2) is 31.1 Å². The van der Waals surface area contributed by atoms with E-state index in [2.05, 4.69) is 36.2 Å². The molecule has 0 aliphatic carbocycles. The standard InChI is InChI=1S/C17H27ClN2/c1-3-11-20(13-15-5-4-10-19-12-15)14(2)16-6-8-17(18)9-7-16/h6-9,14-15,19H,3-5,10-13H2,1-2H3. The van der Waals surface area contributed by atoms with Gasteiger partial charge in [-0.05, 0) is 69.4 Å². The lowest BCUT2D eigenvalue weighted by Crippen LogP contribution is -2.39. The van der Waals surface area contributed by atoms with E-state index < -0.39 is 0 Å². The summed E-state index contributed by atoms with van der Waals surface area (Å²) in [5.41, 5.74) is 1.37. The second kappa shape index (κ2) is 8.02. The molecule has 2 atom stereocenters. The van der Waals surface area contributed by atoms with Crippen molar-refractivity contribution in [1.29, 1.82) is 0 Å². The lowest BCUT2D eigenvalue weighted by atomic mass is 9.97. The third-order valence-corrected chi connectivity index (χ3v) is 4.55.